The van der Waals surface area contributed by atoms with Gasteiger partial charge in [0.25, 0.3) is 0 Å². The highest BCUT2D eigenvalue weighted by Crippen LogP contribution is 2.31. The van der Waals surface area contributed by atoms with E-state index in [2.05, 4.69) is 30.5 Å². The monoisotopic (exact) mass is 243 g/mol. The summed E-state index contributed by atoms with van der Waals surface area (Å²) in [5.41, 5.74) is 0. The molecule has 2 nitrogen and oxygen atoms in total. The molecular weight excluding hydrogens is 218 g/mol. The third kappa shape index (κ3) is 3.38. The van der Waals surface area contributed by atoms with E-state index in [1.807, 2.05) is 0 Å². The first-order valence-corrected chi connectivity index (χ1v) is 7.60. The predicted molar refractivity (Wildman–Crippen MR) is 70.9 cm³/mol. The van der Waals surface area contributed by atoms with Crippen molar-refractivity contribution >= 4 is 11.8 Å². The highest BCUT2D eigenvalue weighted by atomic mass is 32.2. The van der Waals surface area contributed by atoms with Crippen molar-refractivity contribution in [2.24, 2.45) is 5.92 Å². The van der Waals surface area contributed by atoms with E-state index >= 15 is 0 Å². The maximum Gasteiger partial charge on any atom is 0.0580 e. The Kier molecular flexibility index (Phi) is 4.20. The molecule has 1 saturated carbocycles. The Morgan fingerprint density at radius 3 is 2.75 bits per heavy atom. The lowest BCUT2D eigenvalue weighted by Crippen LogP contribution is -2.47. The van der Waals surface area contributed by atoms with Gasteiger partial charge in [-0.2, -0.15) is 11.8 Å². The van der Waals surface area contributed by atoms with Gasteiger partial charge >= 0.3 is 0 Å². The lowest BCUT2D eigenvalue weighted by molar-refractivity contribution is 0.0455. The van der Waals surface area contributed by atoms with Crippen LogP contribution in [0, 0.1) is 5.92 Å². The first kappa shape index (κ1) is 12.7. The summed E-state index contributed by atoms with van der Waals surface area (Å²) in [6.07, 6.45) is 4.75. The second-order valence-corrected chi connectivity index (χ2v) is 7.76. The van der Waals surface area contributed by atoms with Gasteiger partial charge < -0.3 is 10.0 Å². The summed E-state index contributed by atoms with van der Waals surface area (Å²) in [7, 11) is 0. The maximum atomic E-state index is 10.00. The summed E-state index contributed by atoms with van der Waals surface area (Å²) in [5.74, 6) is 1.78. The van der Waals surface area contributed by atoms with E-state index in [0.717, 1.165) is 13.0 Å². The van der Waals surface area contributed by atoms with Gasteiger partial charge in [0.05, 0.1) is 6.10 Å². The van der Waals surface area contributed by atoms with Crippen molar-refractivity contribution in [3.63, 3.8) is 0 Å². The zero-order valence-corrected chi connectivity index (χ0v) is 11.4. The van der Waals surface area contributed by atoms with E-state index in [-0.39, 0.29) is 6.10 Å². The minimum absolute atomic E-state index is 0.0357. The lowest BCUT2D eigenvalue weighted by atomic mass is 9.86. The van der Waals surface area contributed by atoms with Crippen molar-refractivity contribution in [1.29, 1.82) is 0 Å². The Balaban J connectivity index is 1.84. The normalized spacial score (nSPS) is 36.2. The first-order valence-electron chi connectivity index (χ1n) is 6.61. The van der Waals surface area contributed by atoms with Crippen molar-refractivity contribution in [3.8, 4) is 0 Å². The third-order valence-corrected chi connectivity index (χ3v) is 5.16. The maximum absolute atomic E-state index is 10.00. The quantitative estimate of drug-likeness (QED) is 0.805. The van der Waals surface area contributed by atoms with Crippen LogP contribution in [0.15, 0.2) is 0 Å². The van der Waals surface area contributed by atoms with Crippen molar-refractivity contribution in [3.05, 3.63) is 0 Å². The van der Waals surface area contributed by atoms with Gasteiger partial charge in [-0.25, -0.2) is 0 Å². The van der Waals surface area contributed by atoms with Gasteiger partial charge in [-0.15, -0.1) is 0 Å². The van der Waals surface area contributed by atoms with Crippen LogP contribution in [0.5, 0.6) is 0 Å². The van der Waals surface area contributed by atoms with E-state index in [1.165, 1.54) is 38.1 Å². The molecule has 1 saturated heterocycles. The smallest absolute Gasteiger partial charge is 0.0580 e. The molecule has 0 aromatic rings. The zero-order valence-electron chi connectivity index (χ0n) is 10.6. The number of aliphatic hydroxyl groups excluding tert-OH is 1. The van der Waals surface area contributed by atoms with Gasteiger partial charge in [-0.05, 0) is 32.6 Å². The molecule has 2 unspecified atom stereocenters. The van der Waals surface area contributed by atoms with Crippen LogP contribution in [-0.2, 0) is 0 Å². The number of thioether (sulfide) groups is 1. The summed E-state index contributed by atoms with van der Waals surface area (Å²) >= 11 is 2.08. The van der Waals surface area contributed by atoms with Gasteiger partial charge in [0.15, 0.2) is 0 Å². The number of rotatable bonds is 2. The zero-order chi connectivity index (χ0) is 11.6. The fraction of sp³-hybridized carbons (Fsp3) is 1.00. The van der Waals surface area contributed by atoms with Crippen LogP contribution in [0.25, 0.3) is 0 Å². The molecule has 0 amide bonds. The molecule has 0 bridgehead atoms. The molecule has 1 N–H and O–H groups in total. The summed E-state index contributed by atoms with van der Waals surface area (Å²) in [4.78, 5) is 2.57. The Bertz CT molecular complexity index is 232. The van der Waals surface area contributed by atoms with E-state index in [1.54, 1.807) is 0 Å². The fourth-order valence-electron chi connectivity index (χ4n) is 3.00. The molecule has 2 rings (SSSR count). The van der Waals surface area contributed by atoms with Gasteiger partial charge in [0.1, 0.15) is 0 Å². The topological polar surface area (TPSA) is 23.5 Å². The Hall–Kier alpha value is 0.270. The predicted octanol–water partition coefficient (Wildman–Crippen LogP) is 2.36. The molecule has 0 radical (unpaired) electrons. The molecule has 2 atom stereocenters. The Morgan fingerprint density at radius 1 is 1.31 bits per heavy atom. The molecule has 16 heavy (non-hydrogen) atoms. The second-order valence-electron chi connectivity index (χ2n) is 5.96. The third-order valence-electron chi connectivity index (χ3n) is 3.87. The van der Waals surface area contributed by atoms with Gasteiger partial charge in [0, 0.05) is 30.1 Å². The van der Waals surface area contributed by atoms with E-state index in [0.29, 0.717) is 10.7 Å². The summed E-state index contributed by atoms with van der Waals surface area (Å²) in [5, 5.41) is 10.00. The molecule has 0 aromatic carbocycles. The Labute approximate surface area is 104 Å². The van der Waals surface area contributed by atoms with Gasteiger partial charge in [-0.3, -0.25) is 0 Å². The highest BCUT2D eigenvalue weighted by Gasteiger charge is 2.30. The SMILES string of the molecule is CC1(C)CN(CC2CCCCC2O)CCS1. The number of hydrogen-bond donors (Lipinski definition) is 1. The number of nitrogens with zero attached hydrogens (tertiary/aromatic N) is 1. The number of aliphatic hydroxyl groups is 1. The second kappa shape index (κ2) is 5.28. The van der Waals surface area contributed by atoms with Crippen molar-refractivity contribution in [1.82, 2.24) is 4.90 Å². The summed E-state index contributed by atoms with van der Waals surface area (Å²) in [6.45, 7) is 8.17. The average Bonchev–Trinajstić information content (AvgIpc) is 2.20. The van der Waals surface area contributed by atoms with E-state index in [9.17, 15) is 5.11 Å². The van der Waals surface area contributed by atoms with Crippen molar-refractivity contribution in [2.75, 3.05) is 25.4 Å². The van der Waals surface area contributed by atoms with Crippen LogP contribution in [0.3, 0.4) is 0 Å². The van der Waals surface area contributed by atoms with Gasteiger partial charge in [-0.1, -0.05) is 12.8 Å². The molecule has 2 fully saturated rings. The van der Waals surface area contributed by atoms with Gasteiger partial charge in [0.2, 0.25) is 0 Å². The number of hydrogen-bond acceptors (Lipinski definition) is 3. The largest absolute Gasteiger partial charge is 0.393 e. The van der Waals surface area contributed by atoms with Crippen LogP contribution in [0.2, 0.25) is 0 Å². The van der Waals surface area contributed by atoms with Crippen LogP contribution in [-0.4, -0.2) is 46.2 Å². The summed E-state index contributed by atoms with van der Waals surface area (Å²) in [6, 6.07) is 0. The van der Waals surface area contributed by atoms with Crippen LogP contribution in [0.1, 0.15) is 39.5 Å². The fourth-order valence-corrected chi connectivity index (χ4v) is 4.18. The average molecular weight is 243 g/mol. The minimum Gasteiger partial charge on any atom is -0.393 e. The molecule has 1 heterocycles. The van der Waals surface area contributed by atoms with Crippen LogP contribution < -0.4 is 0 Å². The van der Waals surface area contributed by atoms with Crippen LogP contribution in [0.4, 0.5) is 0 Å². The van der Waals surface area contributed by atoms with Crippen molar-refractivity contribution in [2.45, 2.75) is 50.4 Å². The molecule has 2 aliphatic rings. The van der Waals surface area contributed by atoms with Crippen LogP contribution >= 0.6 is 11.8 Å². The molecule has 0 spiro atoms. The van der Waals surface area contributed by atoms with E-state index < -0.39 is 0 Å². The minimum atomic E-state index is -0.0357. The molecular formula is C13H25NOS. The molecule has 0 aromatic heterocycles. The standard InChI is InChI=1S/C13H25NOS/c1-13(2)10-14(7-8-16-13)9-11-5-3-4-6-12(11)15/h11-12,15H,3-10H2,1-2H3. The van der Waals surface area contributed by atoms with Crippen molar-refractivity contribution < 1.29 is 5.11 Å². The molecule has 94 valence electrons. The summed E-state index contributed by atoms with van der Waals surface area (Å²) < 4.78 is 0.401. The Morgan fingerprint density at radius 2 is 2.06 bits per heavy atom. The molecule has 1 aliphatic carbocycles. The first-order chi connectivity index (χ1) is 7.57. The highest BCUT2D eigenvalue weighted by molar-refractivity contribution is 8.00. The molecule has 1 aliphatic heterocycles. The lowest BCUT2D eigenvalue weighted by Gasteiger charge is -2.40. The molecule has 3 heteroatoms. The van der Waals surface area contributed by atoms with E-state index in [4.69, 9.17) is 0 Å².